The Morgan fingerprint density at radius 1 is 1.29 bits per heavy atom. The van der Waals surface area contributed by atoms with Crippen molar-refractivity contribution >= 4 is 26.8 Å². The molecule has 0 saturated carbocycles. The molecule has 0 radical (unpaired) electrons. The molecule has 3 aromatic heterocycles. The standard InChI is InChI=1S/C8H6N6O2S/c9-17(15,16)8-12-7-11-4-5-2-1-3-10-6(5)14(7)13-8/h1-4H,(H2,9,15,16). The first-order valence-corrected chi connectivity index (χ1v) is 6.10. The van der Waals surface area contributed by atoms with Gasteiger partial charge in [0.15, 0.2) is 5.65 Å². The highest BCUT2D eigenvalue weighted by atomic mass is 32.2. The van der Waals surface area contributed by atoms with E-state index in [1.165, 1.54) is 4.52 Å². The zero-order valence-corrected chi connectivity index (χ0v) is 9.16. The van der Waals surface area contributed by atoms with Crippen molar-refractivity contribution in [3.8, 4) is 0 Å². The molecule has 3 rings (SSSR count). The normalized spacial score (nSPS) is 12.3. The molecule has 0 spiro atoms. The Labute approximate surface area is 95.2 Å². The second-order valence-corrected chi connectivity index (χ2v) is 4.78. The van der Waals surface area contributed by atoms with Crippen LogP contribution in [0.4, 0.5) is 0 Å². The minimum atomic E-state index is -3.94. The first-order chi connectivity index (χ1) is 8.05. The lowest BCUT2D eigenvalue weighted by Gasteiger charge is -1.96. The van der Waals surface area contributed by atoms with Crippen molar-refractivity contribution < 1.29 is 8.42 Å². The third-order valence-electron chi connectivity index (χ3n) is 2.16. The van der Waals surface area contributed by atoms with Gasteiger partial charge in [-0.05, 0) is 12.1 Å². The van der Waals surface area contributed by atoms with Crippen LogP contribution in [0.15, 0.2) is 29.7 Å². The van der Waals surface area contributed by atoms with E-state index >= 15 is 0 Å². The third-order valence-corrected chi connectivity index (χ3v) is 2.84. The van der Waals surface area contributed by atoms with E-state index in [1.807, 2.05) is 0 Å². The third kappa shape index (κ3) is 1.52. The van der Waals surface area contributed by atoms with Gasteiger partial charge in [0.25, 0.3) is 21.0 Å². The van der Waals surface area contributed by atoms with E-state index < -0.39 is 15.2 Å². The lowest BCUT2D eigenvalue weighted by molar-refractivity contribution is 0.589. The number of fused-ring (bicyclic) bond motifs is 3. The van der Waals surface area contributed by atoms with Crippen LogP contribution in [-0.4, -0.2) is 33.0 Å². The van der Waals surface area contributed by atoms with Crippen LogP contribution in [0.1, 0.15) is 0 Å². The minimum absolute atomic E-state index is 0.139. The van der Waals surface area contributed by atoms with E-state index in [-0.39, 0.29) is 5.78 Å². The van der Waals surface area contributed by atoms with Gasteiger partial charge in [-0.2, -0.15) is 9.50 Å². The minimum Gasteiger partial charge on any atom is -0.236 e. The molecule has 86 valence electrons. The average Bonchev–Trinajstić information content (AvgIpc) is 2.72. The fourth-order valence-corrected chi connectivity index (χ4v) is 1.85. The van der Waals surface area contributed by atoms with E-state index in [4.69, 9.17) is 5.14 Å². The van der Waals surface area contributed by atoms with Crippen LogP contribution in [0.3, 0.4) is 0 Å². The SMILES string of the molecule is NS(=O)(=O)c1nc2ncc3cccnc3n2n1. The van der Waals surface area contributed by atoms with Crippen LogP contribution in [0.25, 0.3) is 16.8 Å². The summed E-state index contributed by atoms with van der Waals surface area (Å²) in [6.45, 7) is 0. The van der Waals surface area contributed by atoms with E-state index in [1.54, 1.807) is 24.5 Å². The molecular formula is C8H6N6O2S. The molecule has 0 bridgehead atoms. The van der Waals surface area contributed by atoms with E-state index in [2.05, 4.69) is 20.1 Å². The fourth-order valence-electron chi connectivity index (χ4n) is 1.45. The summed E-state index contributed by atoms with van der Waals surface area (Å²) in [6.07, 6.45) is 3.11. The van der Waals surface area contributed by atoms with E-state index in [0.29, 0.717) is 5.65 Å². The molecule has 0 saturated heterocycles. The molecule has 8 nitrogen and oxygen atoms in total. The van der Waals surface area contributed by atoms with Gasteiger partial charge in [-0.1, -0.05) is 0 Å². The highest BCUT2D eigenvalue weighted by molar-refractivity contribution is 7.89. The number of aromatic nitrogens is 5. The molecule has 3 heterocycles. The van der Waals surface area contributed by atoms with Crippen molar-refractivity contribution in [3.05, 3.63) is 24.5 Å². The van der Waals surface area contributed by atoms with Gasteiger partial charge in [-0.25, -0.2) is 23.5 Å². The maximum atomic E-state index is 11.1. The predicted molar refractivity (Wildman–Crippen MR) is 57.5 cm³/mol. The van der Waals surface area contributed by atoms with Crippen LogP contribution in [0, 0.1) is 0 Å². The number of hydrogen-bond acceptors (Lipinski definition) is 6. The van der Waals surface area contributed by atoms with Crippen molar-refractivity contribution in [1.82, 2.24) is 24.6 Å². The van der Waals surface area contributed by atoms with Crippen molar-refractivity contribution in [3.63, 3.8) is 0 Å². The number of pyridine rings is 1. The molecule has 2 N–H and O–H groups in total. The summed E-state index contributed by atoms with van der Waals surface area (Å²) in [6, 6.07) is 3.53. The van der Waals surface area contributed by atoms with Gasteiger partial charge in [-0.15, -0.1) is 5.10 Å². The maximum absolute atomic E-state index is 11.1. The number of nitrogens with two attached hydrogens (primary N) is 1. The van der Waals surface area contributed by atoms with Crippen LogP contribution in [0.2, 0.25) is 0 Å². The largest absolute Gasteiger partial charge is 0.284 e. The Balaban J connectivity index is 2.47. The summed E-state index contributed by atoms with van der Waals surface area (Å²) in [7, 11) is -3.94. The predicted octanol–water partition coefficient (Wildman–Crippen LogP) is -0.680. The average molecular weight is 250 g/mol. The molecule has 0 amide bonds. The van der Waals surface area contributed by atoms with Crippen molar-refractivity contribution in [2.75, 3.05) is 0 Å². The summed E-state index contributed by atoms with van der Waals surface area (Å²) >= 11 is 0. The Morgan fingerprint density at radius 2 is 2.12 bits per heavy atom. The number of nitrogens with zero attached hydrogens (tertiary/aromatic N) is 5. The maximum Gasteiger partial charge on any atom is 0.284 e. The Kier molecular flexibility index (Phi) is 1.88. The molecule has 0 aromatic carbocycles. The van der Waals surface area contributed by atoms with Gasteiger partial charge >= 0.3 is 0 Å². The first kappa shape index (κ1) is 10.1. The van der Waals surface area contributed by atoms with Crippen LogP contribution >= 0.6 is 0 Å². The van der Waals surface area contributed by atoms with Crippen molar-refractivity contribution in [1.29, 1.82) is 0 Å². The van der Waals surface area contributed by atoms with Crippen LogP contribution < -0.4 is 5.14 Å². The Bertz CT molecular complexity index is 824. The summed E-state index contributed by atoms with van der Waals surface area (Å²) in [4.78, 5) is 11.8. The monoisotopic (exact) mass is 250 g/mol. The molecular weight excluding hydrogens is 244 g/mol. The van der Waals surface area contributed by atoms with E-state index in [0.717, 1.165) is 5.39 Å². The Morgan fingerprint density at radius 3 is 2.88 bits per heavy atom. The highest BCUT2D eigenvalue weighted by Gasteiger charge is 2.17. The molecule has 0 aliphatic carbocycles. The summed E-state index contributed by atoms with van der Waals surface area (Å²) in [5.41, 5.74) is 0.472. The van der Waals surface area contributed by atoms with Gasteiger partial charge in [0.05, 0.1) is 0 Å². The number of rotatable bonds is 1. The molecule has 0 unspecified atom stereocenters. The van der Waals surface area contributed by atoms with Gasteiger partial charge in [-0.3, -0.25) is 0 Å². The molecule has 9 heteroatoms. The molecule has 17 heavy (non-hydrogen) atoms. The number of primary sulfonamides is 1. The van der Waals surface area contributed by atoms with Crippen molar-refractivity contribution in [2.24, 2.45) is 5.14 Å². The number of sulfonamides is 1. The van der Waals surface area contributed by atoms with Gasteiger partial charge in [0.2, 0.25) is 0 Å². The second-order valence-electron chi connectivity index (χ2n) is 3.33. The Hall–Kier alpha value is -2.13. The van der Waals surface area contributed by atoms with Crippen LogP contribution in [-0.2, 0) is 10.0 Å². The summed E-state index contributed by atoms with van der Waals surface area (Å²) in [5, 5.41) is 8.99. The second kappa shape index (κ2) is 3.18. The van der Waals surface area contributed by atoms with Gasteiger partial charge < -0.3 is 0 Å². The van der Waals surface area contributed by atoms with Gasteiger partial charge in [0, 0.05) is 17.8 Å². The quantitative estimate of drug-likeness (QED) is 0.611. The molecule has 0 aliphatic heterocycles. The van der Waals surface area contributed by atoms with Gasteiger partial charge in [0.1, 0.15) is 0 Å². The van der Waals surface area contributed by atoms with E-state index in [9.17, 15) is 8.42 Å². The smallest absolute Gasteiger partial charge is 0.236 e. The zero-order chi connectivity index (χ0) is 12.0. The molecule has 3 aromatic rings. The lowest BCUT2D eigenvalue weighted by Crippen LogP contribution is -2.14. The summed E-state index contributed by atoms with van der Waals surface area (Å²) in [5.74, 6) is 0.139. The summed E-state index contributed by atoms with van der Waals surface area (Å²) < 4.78 is 23.5. The molecule has 0 fully saturated rings. The molecule has 0 atom stereocenters. The highest BCUT2D eigenvalue weighted by Crippen LogP contribution is 2.11. The molecule has 0 aliphatic rings. The lowest BCUT2D eigenvalue weighted by atomic mass is 10.3. The topological polar surface area (TPSA) is 116 Å². The first-order valence-electron chi connectivity index (χ1n) is 4.55. The zero-order valence-electron chi connectivity index (χ0n) is 8.35. The number of hydrogen-bond donors (Lipinski definition) is 1. The fraction of sp³-hybridized carbons (Fsp3) is 0. The van der Waals surface area contributed by atoms with Crippen molar-refractivity contribution in [2.45, 2.75) is 5.16 Å². The van der Waals surface area contributed by atoms with Crippen LogP contribution in [0.5, 0.6) is 0 Å².